The fourth-order valence-electron chi connectivity index (χ4n) is 2.77. The van der Waals surface area contributed by atoms with Gasteiger partial charge in [-0.3, -0.25) is 9.59 Å². The van der Waals surface area contributed by atoms with E-state index in [0.717, 1.165) is 25.7 Å². The lowest BCUT2D eigenvalue weighted by molar-refractivity contribution is -0.141. The summed E-state index contributed by atoms with van der Waals surface area (Å²) in [6, 6.07) is -1.70. The average Bonchev–Trinajstić information content (AvgIpc) is 2.67. The lowest BCUT2D eigenvalue weighted by Crippen LogP contribution is -2.51. The van der Waals surface area contributed by atoms with Crippen LogP contribution in [0.4, 0.5) is 0 Å². The molecule has 6 nitrogen and oxygen atoms in total. The summed E-state index contributed by atoms with van der Waals surface area (Å²) in [6.07, 6.45) is 11.2. The Morgan fingerprint density at radius 1 is 0.871 bits per heavy atom. The molecule has 0 aliphatic rings. The van der Waals surface area contributed by atoms with E-state index in [1.54, 1.807) is 6.92 Å². The van der Waals surface area contributed by atoms with Crippen LogP contribution in [0.5, 0.6) is 0 Å². The number of amides is 2. The summed E-state index contributed by atoms with van der Waals surface area (Å²) in [6.45, 7) is 11.6. The SMILES string of the molecule is CCC(NC(C)=O)C(=O)N[C@@H](CSCC=C(C)CCC=C(C)CCC=C(C)C)C(=O)O. The van der Waals surface area contributed by atoms with Crippen molar-refractivity contribution in [2.45, 2.75) is 85.7 Å². The summed E-state index contributed by atoms with van der Waals surface area (Å²) in [4.78, 5) is 34.9. The zero-order chi connectivity index (χ0) is 23.8. The van der Waals surface area contributed by atoms with Gasteiger partial charge in [0, 0.05) is 18.4 Å². The first kappa shape index (κ1) is 29.0. The molecule has 1 unspecified atom stereocenters. The second-order valence-corrected chi connectivity index (χ2v) is 9.13. The maximum absolute atomic E-state index is 12.2. The third kappa shape index (κ3) is 15.4. The normalized spacial score (nSPS) is 13.9. The first-order valence-corrected chi connectivity index (χ1v) is 12.0. The van der Waals surface area contributed by atoms with Gasteiger partial charge in [-0.25, -0.2) is 4.79 Å². The van der Waals surface area contributed by atoms with Gasteiger partial charge in [0.1, 0.15) is 12.1 Å². The van der Waals surface area contributed by atoms with Crippen molar-refractivity contribution in [1.29, 1.82) is 0 Å². The first-order valence-electron chi connectivity index (χ1n) is 10.9. The lowest BCUT2D eigenvalue weighted by Gasteiger charge is -2.19. The van der Waals surface area contributed by atoms with Crippen molar-refractivity contribution < 1.29 is 19.5 Å². The van der Waals surface area contributed by atoms with Crippen LogP contribution in [-0.2, 0) is 14.4 Å². The Morgan fingerprint density at radius 3 is 1.97 bits per heavy atom. The lowest BCUT2D eigenvalue weighted by atomic mass is 10.1. The first-order chi connectivity index (χ1) is 14.6. The van der Waals surface area contributed by atoms with Crippen molar-refractivity contribution in [2.75, 3.05) is 11.5 Å². The highest BCUT2D eigenvalue weighted by Gasteiger charge is 2.24. The monoisotopic (exact) mass is 452 g/mol. The maximum Gasteiger partial charge on any atom is 0.327 e. The predicted molar refractivity (Wildman–Crippen MR) is 130 cm³/mol. The van der Waals surface area contributed by atoms with Crippen LogP contribution in [0, 0.1) is 0 Å². The molecule has 3 N–H and O–H groups in total. The zero-order valence-corrected chi connectivity index (χ0v) is 20.7. The minimum Gasteiger partial charge on any atom is -0.480 e. The van der Waals surface area contributed by atoms with E-state index >= 15 is 0 Å². The van der Waals surface area contributed by atoms with Crippen molar-refractivity contribution in [3.63, 3.8) is 0 Å². The topological polar surface area (TPSA) is 95.5 Å². The van der Waals surface area contributed by atoms with Gasteiger partial charge < -0.3 is 15.7 Å². The van der Waals surface area contributed by atoms with Crippen molar-refractivity contribution in [1.82, 2.24) is 10.6 Å². The Hall–Kier alpha value is -2.02. The average molecular weight is 453 g/mol. The van der Waals surface area contributed by atoms with E-state index in [9.17, 15) is 19.5 Å². The molecule has 0 aromatic carbocycles. The number of allylic oxidation sites excluding steroid dienone is 5. The summed E-state index contributed by atoms with van der Waals surface area (Å²) in [5, 5.41) is 14.4. The van der Waals surface area contributed by atoms with E-state index in [1.165, 1.54) is 35.4 Å². The van der Waals surface area contributed by atoms with Gasteiger partial charge in [-0.2, -0.15) is 11.8 Å². The van der Waals surface area contributed by atoms with Gasteiger partial charge in [-0.1, -0.05) is 41.9 Å². The molecule has 0 fully saturated rings. The fraction of sp³-hybridized carbons (Fsp3) is 0.625. The van der Waals surface area contributed by atoms with Crippen LogP contribution in [-0.4, -0.2) is 46.5 Å². The highest BCUT2D eigenvalue weighted by Crippen LogP contribution is 2.13. The minimum absolute atomic E-state index is 0.269. The summed E-state index contributed by atoms with van der Waals surface area (Å²) in [5.41, 5.74) is 4.03. The summed E-state index contributed by atoms with van der Waals surface area (Å²) in [7, 11) is 0. The van der Waals surface area contributed by atoms with E-state index in [4.69, 9.17) is 0 Å². The second-order valence-electron chi connectivity index (χ2n) is 8.06. The number of thioether (sulfide) groups is 1. The van der Waals surface area contributed by atoms with Crippen molar-refractivity contribution in [2.24, 2.45) is 0 Å². The van der Waals surface area contributed by atoms with E-state index in [0.29, 0.717) is 12.2 Å². The Labute approximate surface area is 192 Å². The molecule has 31 heavy (non-hydrogen) atoms. The predicted octanol–water partition coefficient (Wildman–Crippen LogP) is 4.62. The molecule has 0 aromatic rings. The summed E-state index contributed by atoms with van der Waals surface area (Å²) in [5.74, 6) is -0.901. The van der Waals surface area contributed by atoms with Crippen LogP contribution < -0.4 is 10.6 Å². The maximum atomic E-state index is 12.2. The molecule has 0 saturated heterocycles. The van der Waals surface area contributed by atoms with Gasteiger partial charge in [-0.15, -0.1) is 0 Å². The molecule has 2 amide bonds. The Morgan fingerprint density at radius 2 is 1.45 bits per heavy atom. The van der Waals surface area contributed by atoms with E-state index in [-0.39, 0.29) is 11.7 Å². The molecular formula is C24H40N2O4S. The molecule has 0 radical (unpaired) electrons. The largest absolute Gasteiger partial charge is 0.480 e. The third-order valence-electron chi connectivity index (χ3n) is 4.67. The van der Waals surface area contributed by atoms with E-state index in [2.05, 4.69) is 56.6 Å². The quantitative estimate of drug-likeness (QED) is 0.249. The second kappa shape index (κ2) is 16.6. The van der Waals surface area contributed by atoms with Crippen molar-refractivity contribution >= 4 is 29.5 Å². The molecule has 0 heterocycles. The molecule has 0 saturated carbocycles. The fourth-order valence-corrected chi connectivity index (χ4v) is 3.77. The molecular weight excluding hydrogens is 412 g/mol. The minimum atomic E-state index is -1.08. The molecule has 0 rings (SSSR count). The van der Waals surface area contributed by atoms with Gasteiger partial charge in [0.15, 0.2) is 0 Å². The number of hydrogen-bond acceptors (Lipinski definition) is 4. The van der Waals surface area contributed by atoms with E-state index in [1.807, 2.05) is 0 Å². The van der Waals surface area contributed by atoms with Crippen LogP contribution in [0.15, 0.2) is 34.9 Å². The Kier molecular flexibility index (Phi) is 15.6. The molecule has 0 aliphatic carbocycles. The van der Waals surface area contributed by atoms with Crippen molar-refractivity contribution in [3.8, 4) is 0 Å². The standard InChI is InChI=1S/C24H40N2O4S/c1-7-21(25-20(6)27)23(28)26-22(24(29)30)16-31-15-14-19(5)13-9-12-18(4)11-8-10-17(2)3/h10,12,14,21-22H,7-9,11,13,15-16H2,1-6H3,(H,25,27)(H,26,28)(H,29,30)/t21?,22-/m0/s1. The van der Waals surface area contributed by atoms with Gasteiger partial charge in [0.25, 0.3) is 0 Å². The number of carboxylic acids is 1. The number of carbonyl (C=O) groups is 3. The third-order valence-corrected chi connectivity index (χ3v) is 5.65. The number of hydrogen-bond donors (Lipinski definition) is 3. The highest BCUT2D eigenvalue weighted by atomic mass is 32.2. The number of nitrogens with one attached hydrogen (secondary N) is 2. The summed E-state index contributed by atoms with van der Waals surface area (Å²) < 4.78 is 0. The van der Waals surface area contributed by atoms with Crippen LogP contribution in [0.3, 0.4) is 0 Å². The zero-order valence-electron chi connectivity index (χ0n) is 19.9. The number of rotatable bonds is 15. The van der Waals surface area contributed by atoms with Gasteiger partial charge in [-0.05, 0) is 59.8 Å². The molecule has 0 bridgehead atoms. The number of carbonyl (C=O) groups excluding carboxylic acids is 2. The summed E-state index contributed by atoms with van der Waals surface area (Å²) >= 11 is 1.47. The van der Waals surface area contributed by atoms with Crippen LogP contribution in [0.1, 0.15) is 73.6 Å². The Balaban J connectivity index is 4.40. The van der Waals surface area contributed by atoms with Crippen LogP contribution >= 0.6 is 11.8 Å². The Bertz CT molecular complexity index is 679. The smallest absolute Gasteiger partial charge is 0.327 e. The number of carboxylic acid groups (broad SMARTS) is 1. The van der Waals surface area contributed by atoms with Crippen molar-refractivity contribution in [3.05, 3.63) is 34.9 Å². The molecule has 0 spiro atoms. The molecule has 7 heteroatoms. The van der Waals surface area contributed by atoms with Gasteiger partial charge >= 0.3 is 5.97 Å². The highest BCUT2D eigenvalue weighted by molar-refractivity contribution is 7.99. The molecule has 2 atom stereocenters. The van der Waals surface area contributed by atoms with Gasteiger partial charge in [0.2, 0.25) is 11.8 Å². The molecule has 0 aromatic heterocycles. The molecule has 176 valence electrons. The van der Waals surface area contributed by atoms with E-state index < -0.39 is 24.0 Å². The van der Waals surface area contributed by atoms with Crippen LogP contribution in [0.25, 0.3) is 0 Å². The number of aliphatic carboxylic acids is 1. The van der Waals surface area contributed by atoms with Gasteiger partial charge in [0.05, 0.1) is 0 Å². The molecule has 0 aliphatic heterocycles. The van der Waals surface area contributed by atoms with Crippen LogP contribution in [0.2, 0.25) is 0 Å².